The number of hydrogen-bond acceptors (Lipinski definition) is 7. The Bertz CT molecular complexity index is 509. The number of nitrogens with one attached hydrogen (secondary N) is 2. The van der Waals surface area contributed by atoms with Crippen LogP contribution in [0, 0.1) is 13.8 Å². The van der Waals surface area contributed by atoms with E-state index in [0.29, 0.717) is 18.2 Å². The lowest BCUT2D eigenvalue weighted by atomic mass is 10.3. The summed E-state index contributed by atoms with van der Waals surface area (Å²) in [5.41, 5.74) is 4.22. The second-order valence-corrected chi connectivity index (χ2v) is 3.63. The maximum Gasteiger partial charge on any atom is 0.156 e. The fourth-order valence-corrected chi connectivity index (χ4v) is 1.44. The van der Waals surface area contributed by atoms with Crippen molar-refractivity contribution < 1.29 is 4.52 Å². The van der Waals surface area contributed by atoms with Gasteiger partial charge in [0.1, 0.15) is 18.0 Å². The van der Waals surface area contributed by atoms with Crippen LogP contribution >= 0.6 is 0 Å². The highest BCUT2D eigenvalue weighted by molar-refractivity contribution is 5.55. The van der Waals surface area contributed by atoms with Crippen molar-refractivity contribution in [1.29, 1.82) is 0 Å². The molecule has 0 atom stereocenters. The average Bonchev–Trinajstić information content (AvgIpc) is 2.74. The van der Waals surface area contributed by atoms with Crippen LogP contribution in [-0.2, 0) is 6.54 Å². The molecule has 0 aromatic carbocycles. The second-order valence-electron chi connectivity index (χ2n) is 3.63. The van der Waals surface area contributed by atoms with Crippen LogP contribution in [0.3, 0.4) is 0 Å². The number of hydrazine groups is 1. The first-order valence-electron chi connectivity index (χ1n) is 5.15. The van der Waals surface area contributed by atoms with Crippen molar-refractivity contribution in [2.75, 3.05) is 10.7 Å². The minimum Gasteiger partial charge on any atom is -0.362 e. The molecular formula is C10H14N6O. The van der Waals surface area contributed by atoms with Gasteiger partial charge < -0.3 is 15.3 Å². The van der Waals surface area contributed by atoms with E-state index in [-0.39, 0.29) is 0 Å². The maximum absolute atomic E-state index is 5.33. The molecule has 17 heavy (non-hydrogen) atoms. The van der Waals surface area contributed by atoms with Gasteiger partial charge in [0.05, 0.1) is 12.2 Å². The van der Waals surface area contributed by atoms with Crippen molar-refractivity contribution in [1.82, 2.24) is 15.1 Å². The smallest absolute Gasteiger partial charge is 0.156 e. The molecule has 0 saturated heterocycles. The van der Waals surface area contributed by atoms with E-state index >= 15 is 0 Å². The molecule has 0 aliphatic carbocycles. The number of nitrogen functional groups attached to an aromatic ring is 1. The van der Waals surface area contributed by atoms with Crippen LogP contribution in [0.2, 0.25) is 0 Å². The molecule has 2 aromatic rings. The Morgan fingerprint density at radius 1 is 1.29 bits per heavy atom. The Morgan fingerprint density at radius 3 is 2.71 bits per heavy atom. The molecule has 0 aliphatic rings. The monoisotopic (exact) mass is 234 g/mol. The SMILES string of the molecule is Cc1cc(CNc2ncnc(NN)c2C)on1. The van der Waals surface area contributed by atoms with Crippen LogP contribution in [0.1, 0.15) is 17.0 Å². The first kappa shape index (κ1) is 11.3. The highest BCUT2D eigenvalue weighted by Gasteiger charge is 2.06. The number of aromatic nitrogens is 3. The standard InChI is InChI=1S/C10H14N6O/c1-6-3-8(17-16-6)4-12-9-7(2)10(15-11)14-5-13-9/h3,5H,4,11H2,1-2H3,(H2,12,13,14,15). The summed E-state index contributed by atoms with van der Waals surface area (Å²) in [7, 11) is 0. The Balaban J connectivity index is 2.09. The summed E-state index contributed by atoms with van der Waals surface area (Å²) in [4.78, 5) is 8.12. The van der Waals surface area contributed by atoms with Gasteiger partial charge in [-0.1, -0.05) is 5.16 Å². The Hall–Kier alpha value is -2.15. The van der Waals surface area contributed by atoms with Crippen LogP contribution in [0.25, 0.3) is 0 Å². The first-order valence-corrected chi connectivity index (χ1v) is 5.15. The van der Waals surface area contributed by atoms with Crippen LogP contribution in [0.15, 0.2) is 16.9 Å². The number of nitrogens with zero attached hydrogens (tertiary/aromatic N) is 3. The average molecular weight is 234 g/mol. The number of hydrogen-bond donors (Lipinski definition) is 3. The van der Waals surface area contributed by atoms with Gasteiger partial charge in [-0.2, -0.15) is 0 Å². The summed E-state index contributed by atoms with van der Waals surface area (Å²) in [5.74, 6) is 7.39. The number of aryl methyl sites for hydroxylation is 1. The lowest BCUT2D eigenvalue weighted by molar-refractivity contribution is 0.384. The summed E-state index contributed by atoms with van der Waals surface area (Å²) >= 11 is 0. The third-order valence-electron chi connectivity index (χ3n) is 2.33. The molecule has 2 rings (SSSR count). The highest BCUT2D eigenvalue weighted by Crippen LogP contribution is 2.17. The highest BCUT2D eigenvalue weighted by atomic mass is 16.5. The van der Waals surface area contributed by atoms with Gasteiger partial charge in [-0.05, 0) is 13.8 Å². The number of rotatable bonds is 4. The summed E-state index contributed by atoms with van der Waals surface area (Å²) in [6, 6.07) is 1.87. The largest absolute Gasteiger partial charge is 0.362 e. The predicted molar refractivity (Wildman–Crippen MR) is 63.1 cm³/mol. The van der Waals surface area contributed by atoms with Gasteiger partial charge in [-0.15, -0.1) is 0 Å². The molecule has 7 heteroatoms. The first-order chi connectivity index (χ1) is 8.20. The van der Waals surface area contributed by atoms with Crippen molar-refractivity contribution >= 4 is 11.6 Å². The Morgan fingerprint density at radius 2 is 2.06 bits per heavy atom. The molecule has 7 nitrogen and oxygen atoms in total. The molecule has 90 valence electrons. The predicted octanol–water partition coefficient (Wildman–Crippen LogP) is 0.979. The molecule has 0 bridgehead atoms. The summed E-state index contributed by atoms with van der Waals surface area (Å²) in [6.07, 6.45) is 1.44. The van der Waals surface area contributed by atoms with E-state index in [1.54, 1.807) is 0 Å². The van der Waals surface area contributed by atoms with Crippen LogP contribution in [0.4, 0.5) is 11.6 Å². The van der Waals surface area contributed by atoms with Crippen LogP contribution in [0.5, 0.6) is 0 Å². The van der Waals surface area contributed by atoms with E-state index in [9.17, 15) is 0 Å². The molecule has 0 saturated carbocycles. The van der Waals surface area contributed by atoms with E-state index < -0.39 is 0 Å². The zero-order valence-corrected chi connectivity index (χ0v) is 9.69. The Labute approximate surface area is 98.4 Å². The van der Waals surface area contributed by atoms with Gasteiger partial charge in [0, 0.05) is 11.6 Å². The van der Waals surface area contributed by atoms with E-state index in [1.165, 1.54) is 6.33 Å². The number of nitrogens with two attached hydrogens (primary N) is 1. The van der Waals surface area contributed by atoms with Gasteiger partial charge in [0.15, 0.2) is 5.76 Å². The normalized spacial score (nSPS) is 10.3. The zero-order valence-electron chi connectivity index (χ0n) is 9.69. The lowest BCUT2D eigenvalue weighted by Gasteiger charge is -2.09. The van der Waals surface area contributed by atoms with Crippen molar-refractivity contribution in [3.05, 3.63) is 29.4 Å². The molecule has 0 fully saturated rings. The Kier molecular flexibility index (Phi) is 3.20. The molecule has 0 amide bonds. The maximum atomic E-state index is 5.33. The van der Waals surface area contributed by atoms with Crippen molar-refractivity contribution in [3.8, 4) is 0 Å². The van der Waals surface area contributed by atoms with E-state index in [4.69, 9.17) is 10.4 Å². The van der Waals surface area contributed by atoms with Crippen molar-refractivity contribution in [2.24, 2.45) is 5.84 Å². The van der Waals surface area contributed by atoms with E-state index in [1.807, 2.05) is 19.9 Å². The van der Waals surface area contributed by atoms with E-state index in [2.05, 4.69) is 25.9 Å². The molecule has 0 unspecified atom stereocenters. The third-order valence-corrected chi connectivity index (χ3v) is 2.33. The van der Waals surface area contributed by atoms with Gasteiger partial charge in [-0.25, -0.2) is 15.8 Å². The van der Waals surface area contributed by atoms with Gasteiger partial charge in [-0.3, -0.25) is 0 Å². The summed E-state index contributed by atoms with van der Waals surface area (Å²) in [5, 5.41) is 6.94. The fourth-order valence-electron chi connectivity index (χ4n) is 1.44. The minimum atomic E-state index is 0.517. The quantitative estimate of drug-likeness (QED) is 0.535. The summed E-state index contributed by atoms with van der Waals surface area (Å²) < 4.78 is 5.09. The number of anilines is 2. The fraction of sp³-hybridized carbons (Fsp3) is 0.300. The molecule has 0 spiro atoms. The van der Waals surface area contributed by atoms with Crippen molar-refractivity contribution in [3.63, 3.8) is 0 Å². The van der Waals surface area contributed by atoms with E-state index in [0.717, 1.165) is 17.0 Å². The molecule has 2 heterocycles. The molecule has 0 radical (unpaired) electrons. The van der Waals surface area contributed by atoms with Crippen LogP contribution in [-0.4, -0.2) is 15.1 Å². The van der Waals surface area contributed by atoms with Gasteiger partial charge >= 0.3 is 0 Å². The molecule has 2 aromatic heterocycles. The molecule has 0 aliphatic heterocycles. The van der Waals surface area contributed by atoms with Crippen LogP contribution < -0.4 is 16.6 Å². The van der Waals surface area contributed by atoms with Crippen molar-refractivity contribution in [2.45, 2.75) is 20.4 Å². The topological polar surface area (TPSA) is 102 Å². The van der Waals surface area contributed by atoms with Gasteiger partial charge in [0.25, 0.3) is 0 Å². The zero-order chi connectivity index (χ0) is 12.3. The minimum absolute atomic E-state index is 0.517. The summed E-state index contributed by atoms with van der Waals surface area (Å²) in [6.45, 7) is 4.27. The van der Waals surface area contributed by atoms with Gasteiger partial charge in [0.2, 0.25) is 0 Å². The second kappa shape index (κ2) is 4.79. The third kappa shape index (κ3) is 2.51. The lowest BCUT2D eigenvalue weighted by Crippen LogP contribution is -2.12. The molecular weight excluding hydrogens is 220 g/mol. The molecule has 4 N–H and O–H groups in total.